The lowest BCUT2D eigenvalue weighted by Gasteiger charge is -2.36. The van der Waals surface area contributed by atoms with Crippen LogP contribution in [0.3, 0.4) is 0 Å². The van der Waals surface area contributed by atoms with Crippen molar-refractivity contribution >= 4 is 5.91 Å². The van der Waals surface area contributed by atoms with Crippen molar-refractivity contribution in [3.8, 4) is 0 Å². The number of piperidine rings is 1. The van der Waals surface area contributed by atoms with Crippen molar-refractivity contribution in [3.05, 3.63) is 53.6 Å². The highest BCUT2D eigenvalue weighted by Gasteiger charge is 2.26. The van der Waals surface area contributed by atoms with Crippen molar-refractivity contribution < 1.29 is 4.79 Å². The van der Waals surface area contributed by atoms with E-state index in [9.17, 15) is 4.79 Å². The zero-order chi connectivity index (χ0) is 17.6. The van der Waals surface area contributed by atoms with E-state index in [0.29, 0.717) is 18.4 Å². The molecule has 1 unspecified atom stereocenters. The Hall–Kier alpha value is -2.10. The number of hydrogen-bond donors (Lipinski definition) is 0. The molecule has 0 spiro atoms. The van der Waals surface area contributed by atoms with Gasteiger partial charge in [-0.15, -0.1) is 0 Å². The Labute approximate surface area is 150 Å². The number of aryl methyl sites for hydroxylation is 3. The number of imidazole rings is 1. The lowest BCUT2D eigenvalue weighted by Crippen LogP contribution is -2.44. The van der Waals surface area contributed by atoms with Crippen LogP contribution >= 0.6 is 0 Å². The van der Waals surface area contributed by atoms with Gasteiger partial charge < -0.3 is 9.47 Å². The second-order valence-corrected chi connectivity index (χ2v) is 7.12. The van der Waals surface area contributed by atoms with E-state index in [-0.39, 0.29) is 0 Å². The van der Waals surface area contributed by atoms with E-state index >= 15 is 0 Å². The van der Waals surface area contributed by atoms with Gasteiger partial charge in [0.1, 0.15) is 0 Å². The number of likely N-dealkylation sites (tertiary alicyclic amines) is 1. The molecule has 1 aromatic heterocycles. The smallest absolute Gasteiger partial charge is 0.223 e. The fraction of sp³-hybridized carbons (Fsp3) is 0.524. The molecule has 0 bridgehead atoms. The van der Waals surface area contributed by atoms with E-state index in [1.807, 2.05) is 31.5 Å². The molecule has 1 aliphatic heterocycles. The van der Waals surface area contributed by atoms with Crippen molar-refractivity contribution in [1.82, 2.24) is 14.5 Å². The number of benzene rings is 1. The monoisotopic (exact) mass is 339 g/mol. The molecule has 1 fully saturated rings. The predicted octanol–water partition coefficient (Wildman–Crippen LogP) is 3.90. The van der Waals surface area contributed by atoms with Crippen molar-refractivity contribution in [1.29, 1.82) is 0 Å². The highest BCUT2D eigenvalue weighted by molar-refractivity contribution is 5.76. The topological polar surface area (TPSA) is 38.1 Å². The van der Waals surface area contributed by atoms with Crippen LogP contribution in [0, 0.1) is 13.8 Å². The summed E-state index contributed by atoms with van der Waals surface area (Å²) in [4.78, 5) is 19.3. The van der Waals surface area contributed by atoms with Gasteiger partial charge in [0.25, 0.3) is 0 Å². The van der Waals surface area contributed by atoms with Gasteiger partial charge in [0, 0.05) is 31.2 Å². The van der Waals surface area contributed by atoms with E-state index in [1.165, 1.54) is 17.7 Å². The third-order valence-corrected chi connectivity index (χ3v) is 5.47. The molecular weight excluding hydrogens is 310 g/mol. The molecule has 1 saturated heterocycles. The van der Waals surface area contributed by atoms with Crippen LogP contribution in [0.15, 0.2) is 36.7 Å². The Morgan fingerprint density at radius 2 is 2.00 bits per heavy atom. The maximum atomic E-state index is 12.8. The third kappa shape index (κ3) is 4.50. The van der Waals surface area contributed by atoms with E-state index < -0.39 is 0 Å². The third-order valence-electron chi connectivity index (χ3n) is 5.47. The van der Waals surface area contributed by atoms with Crippen LogP contribution in [0.2, 0.25) is 0 Å². The van der Waals surface area contributed by atoms with Crippen molar-refractivity contribution in [2.75, 3.05) is 6.54 Å². The van der Waals surface area contributed by atoms with Crippen LogP contribution in [0.4, 0.5) is 0 Å². The average Bonchev–Trinajstić information content (AvgIpc) is 2.97. The molecule has 134 valence electrons. The summed E-state index contributed by atoms with van der Waals surface area (Å²) in [6.07, 6.45) is 7.89. The van der Waals surface area contributed by atoms with Crippen LogP contribution in [-0.4, -0.2) is 32.9 Å². The van der Waals surface area contributed by atoms with Gasteiger partial charge in [-0.05, 0) is 51.5 Å². The minimum absolute atomic E-state index is 0.312. The Bertz CT molecular complexity index is 692. The fourth-order valence-electron chi connectivity index (χ4n) is 3.73. The van der Waals surface area contributed by atoms with Crippen LogP contribution in [0.5, 0.6) is 0 Å². The van der Waals surface area contributed by atoms with Gasteiger partial charge in [-0.2, -0.15) is 0 Å². The highest BCUT2D eigenvalue weighted by atomic mass is 16.2. The number of rotatable bonds is 6. The largest absolute Gasteiger partial charge is 0.340 e. The number of nitrogens with zero attached hydrogens (tertiary/aromatic N) is 3. The molecule has 1 atom stereocenters. The van der Waals surface area contributed by atoms with E-state index in [2.05, 4.69) is 33.5 Å². The summed E-state index contributed by atoms with van der Waals surface area (Å²) in [6.45, 7) is 6.03. The zero-order valence-electron chi connectivity index (χ0n) is 15.4. The second kappa shape index (κ2) is 8.32. The standard InChI is InChI=1S/C21H29N3O/c1-17-18(2)23(16-22-17)15-13-20-10-6-7-14-24(20)21(25)12-11-19-8-4-3-5-9-19/h3-5,8-9,16,20H,6-7,10-15H2,1-2H3. The van der Waals surface area contributed by atoms with Gasteiger partial charge >= 0.3 is 0 Å². The Kier molecular flexibility index (Phi) is 5.90. The summed E-state index contributed by atoms with van der Waals surface area (Å²) in [6, 6.07) is 10.7. The van der Waals surface area contributed by atoms with Crippen LogP contribution in [0.1, 0.15) is 49.1 Å². The molecule has 25 heavy (non-hydrogen) atoms. The van der Waals surface area contributed by atoms with Gasteiger partial charge in [0.2, 0.25) is 5.91 Å². The molecule has 3 rings (SSSR count). The van der Waals surface area contributed by atoms with Gasteiger partial charge in [-0.25, -0.2) is 4.98 Å². The molecule has 0 N–H and O–H groups in total. The number of carbonyl (C=O) groups excluding carboxylic acids is 1. The highest BCUT2D eigenvalue weighted by Crippen LogP contribution is 2.22. The Morgan fingerprint density at radius 1 is 1.20 bits per heavy atom. The maximum absolute atomic E-state index is 12.8. The van der Waals surface area contributed by atoms with Crippen LogP contribution < -0.4 is 0 Å². The number of amides is 1. The van der Waals surface area contributed by atoms with Crippen molar-refractivity contribution in [2.45, 2.75) is 65.0 Å². The quantitative estimate of drug-likeness (QED) is 0.800. The molecule has 0 radical (unpaired) electrons. The van der Waals surface area contributed by atoms with Crippen molar-refractivity contribution in [3.63, 3.8) is 0 Å². The fourth-order valence-corrected chi connectivity index (χ4v) is 3.73. The lowest BCUT2D eigenvalue weighted by molar-refractivity contribution is -0.135. The van der Waals surface area contributed by atoms with E-state index in [1.54, 1.807) is 0 Å². The van der Waals surface area contributed by atoms with Crippen molar-refractivity contribution in [2.24, 2.45) is 0 Å². The molecule has 2 heterocycles. The maximum Gasteiger partial charge on any atom is 0.223 e. The first-order chi connectivity index (χ1) is 12.1. The zero-order valence-corrected chi connectivity index (χ0v) is 15.4. The molecule has 1 aliphatic rings. The number of hydrogen-bond acceptors (Lipinski definition) is 2. The van der Waals surface area contributed by atoms with E-state index in [0.717, 1.165) is 44.5 Å². The summed E-state index contributed by atoms with van der Waals surface area (Å²) < 4.78 is 2.22. The molecule has 4 nitrogen and oxygen atoms in total. The number of carbonyl (C=O) groups is 1. The first-order valence-corrected chi connectivity index (χ1v) is 9.47. The minimum Gasteiger partial charge on any atom is -0.340 e. The summed E-state index contributed by atoms with van der Waals surface area (Å²) in [7, 11) is 0. The normalized spacial score (nSPS) is 17.7. The summed E-state index contributed by atoms with van der Waals surface area (Å²) in [5, 5.41) is 0. The van der Waals surface area contributed by atoms with Gasteiger partial charge in [0.05, 0.1) is 12.0 Å². The Morgan fingerprint density at radius 3 is 2.72 bits per heavy atom. The van der Waals surface area contributed by atoms with Gasteiger partial charge in [-0.1, -0.05) is 30.3 Å². The number of aromatic nitrogens is 2. The molecule has 1 aromatic carbocycles. The first-order valence-electron chi connectivity index (χ1n) is 9.47. The first kappa shape index (κ1) is 17.7. The predicted molar refractivity (Wildman–Crippen MR) is 100 cm³/mol. The molecule has 0 saturated carbocycles. The summed E-state index contributed by atoms with van der Waals surface area (Å²) >= 11 is 0. The average molecular weight is 339 g/mol. The SMILES string of the molecule is Cc1ncn(CCC2CCCCN2C(=O)CCc2ccccc2)c1C. The van der Waals surface area contributed by atoms with Crippen LogP contribution in [0.25, 0.3) is 0 Å². The molecular formula is C21H29N3O. The Balaban J connectivity index is 1.56. The molecule has 4 heteroatoms. The summed E-state index contributed by atoms with van der Waals surface area (Å²) in [5.41, 5.74) is 3.58. The van der Waals surface area contributed by atoms with Gasteiger partial charge in [-0.3, -0.25) is 4.79 Å². The lowest BCUT2D eigenvalue weighted by atomic mass is 9.98. The van der Waals surface area contributed by atoms with Crippen LogP contribution in [-0.2, 0) is 17.8 Å². The van der Waals surface area contributed by atoms with E-state index in [4.69, 9.17) is 0 Å². The second-order valence-electron chi connectivity index (χ2n) is 7.12. The molecule has 2 aromatic rings. The molecule has 1 amide bonds. The minimum atomic E-state index is 0.312. The summed E-state index contributed by atoms with van der Waals surface area (Å²) in [5.74, 6) is 0.312. The molecule has 0 aliphatic carbocycles. The van der Waals surface area contributed by atoms with Gasteiger partial charge in [0.15, 0.2) is 0 Å².